The number of carbonyl (C=O) groups excluding carboxylic acids is 1. The molecule has 0 bridgehead atoms. The van der Waals surface area contributed by atoms with Crippen molar-refractivity contribution in [1.82, 2.24) is 5.16 Å². The van der Waals surface area contributed by atoms with E-state index in [1.54, 1.807) is 30.3 Å². The van der Waals surface area contributed by atoms with Crippen molar-refractivity contribution in [3.05, 3.63) is 46.8 Å². The average molecular weight is 205 g/mol. The molecular weight excluding hydrogens is 198 g/mol. The molecule has 0 aliphatic carbocycles. The Morgan fingerprint density at radius 2 is 2.07 bits per heavy atom. The second-order valence-electron chi connectivity index (χ2n) is 2.86. The van der Waals surface area contributed by atoms with Gasteiger partial charge in [0.15, 0.2) is 0 Å². The zero-order valence-corrected chi connectivity index (χ0v) is 7.58. The van der Waals surface area contributed by atoms with Crippen LogP contribution in [0.15, 0.2) is 35.0 Å². The maximum absolute atomic E-state index is 11.7. The van der Waals surface area contributed by atoms with Gasteiger partial charge in [-0.05, 0) is 4.90 Å². The number of anilines is 1. The molecule has 6 heteroatoms. The summed E-state index contributed by atoms with van der Waals surface area (Å²) in [6, 6.07) is 8.29. The Morgan fingerprint density at radius 1 is 1.40 bits per heavy atom. The number of hydrogen-bond donors (Lipinski definition) is 1. The summed E-state index contributed by atoms with van der Waals surface area (Å²) in [4.78, 5) is 11.8. The fraction of sp³-hybridized carbons (Fsp3) is 0. The number of benzene rings is 1. The first-order valence-electron chi connectivity index (χ1n) is 4.15. The third-order valence-electron chi connectivity index (χ3n) is 1.89. The van der Waals surface area contributed by atoms with E-state index in [0.717, 1.165) is 0 Å². The van der Waals surface area contributed by atoms with Gasteiger partial charge in [0.2, 0.25) is 5.78 Å². The summed E-state index contributed by atoms with van der Waals surface area (Å²) in [6.07, 6.45) is 0. The molecule has 2 rings (SSSR count). The lowest BCUT2D eigenvalue weighted by molar-refractivity contribution is -0.803. The van der Waals surface area contributed by atoms with Crippen LogP contribution in [-0.2, 0) is 0 Å². The summed E-state index contributed by atoms with van der Waals surface area (Å²) in [5, 5.41) is 14.2. The number of ketones is 1. The van der Waals surface area contributed by atoms with Crippen LogP contribution in [0.3, 0.4) is 0 Å². The van der Waals surface area contributed by atoms with E-state index in [1.807, 2.05) is 0 Å². The van der Waals surface area contributed by atoms with E-state index >= 15 is 0 Å². The molecule has 1 aromatic heterocycles. The van der Waals surface area contributed by atoms with Gasteiger partial charge in [-0.1, -0.05) is 30.3 Å². The van der Waals surface area contributed by atoms with E-state index in [2.05, 4.69) is 9.79 Å². The fourth-order valence-corrected chi connectivity index (χ4v) is 1.18. The molecule has 2 aromatic rings. The summed E-state index contributed by atoms with van der Waals surface area (Å²) in [7, 11) is 0. The van der Waals surface area contributed by atoms with Crippen LogP contribution in [0.5, 0.6) is 0 Å². The zero-order valence-electron chi connectivity index (χ0n) is 7.58. The molecule has 0 fully saturated rings. The summed E-state index contributed by atoms with van der Waals surface area (Å²) >= 11 is 0. The normalized spacial score (nSPS) is 10.1. The van der Waals surface area contributed by atoms with Crippen molar-refractivity contribution in [1.29, 1.82) is 0 Å². The van der Waals surface area contributed by atoms with E-state index in [9.17, 15) is 10.0 Å². The molecule has 0 atom stereocenters. The largest absolute Gasteiger partial charge is 0.359 e. The Kier molecular flexibility index (Phi) is 2.09. The molecule has 0 aliphatic rings. The van der Waals surface area contributed by atoms with Crippen LogP contribution >= 0.6 is 0 Å². The monoisotopic (exact) mass is 205 g/mol. The first kappa shape index (κ1) is 9.20. The van der Waals surface area contributed by atoms with Crippen LogP contribution in [-0.4, -0.2) is 10.9 Å². The van der Waals surface area contributed by atoms with Crippen LogP contribution in [0.2, 0.25) is 0 Å². The molecule has 1 aromatic carbocycles. The molecule has 0 aliphatic heterocycles. The molecule has 2 N–H and O–H groups in total. The number of nitrogens with two attached hydrogens (primary N) is 1. The maximum Gasteiger partial charge on any atom is 0.316 e. The van der Waals surface area contributed by atoms with Gasteiger partial charge in [-0.3, -0.25) is 9.42 Å². The molecule has 76 valence electrons. The Hall–Kier alpha value is -2.37. The number of hydrogen-bond acceptors (Lipinski definition) is 5. The molecule has 0 saturated carbocycles. The number of carbonyl (C=O) groups is 1. The Bertz CT molecular complexity index is 473. The minimum absolute atomic E-state index is 0.00463. The van der Waals surface area contributed by atoms with Gasteiger partial charge in [-0.2, -0.15) is 0 Å². The second kappa shape index (κ2) is 3.41. The van der Waals surface area contributed by atoms with Gasteiger partial charge in [-0.15, -0.1) is 0 Å². The lowest BCUT2D eigenvalue weighted by Gasteiger charge is -1.96. The Morgan fingerprint density at radius 3 is 2.60 bits per heavy atom. The fourth-order valence-electron chi connectivity index (χ4n) is 1.18. The van der Waals surface area contributed by atoms with Crippen molar-refractivity contribution in [2.24, 2.45) is 0 Å². The molecule has 0 spiro atoms. The number of nitrogens with zero attached hydrogens (tertiary/aromatic N) is 2. The highest BCUT2D eigenvalue weighted by molar-refractivity contribution is 6.09. The first-order valence-corrected chi connectivity index (χ1v) is 4.15. The average Bonchev–Trinajstić information content (AvgIpc) is 2.59. The van der Waals surface area contributed by atoms with Crippen LogP contribution in [0.1, 0.15) is 16.1 Å². The van der Waals surface area contributed by atoms with Gasteiger partial charge in [0.25, 0.3) is 5.69 Å². The number of nitrogen functional groups attached to an aromatic ring is 1. The minimum atomic E-state index is -0.510. The predicted octanol–water partition coefficient (Wildman–Crippen LogP) is 0.121. The molecule has 0 saturated heterocycles. The summed E-state index contributed by atoms with van der Waals surface area (Å²) in [6.45, 7) is 0. The van der Waals surface area contributed by atoms with Crippen molar-refractivity contribution in [2.75, 3.05) is 5.73 Å². The van der Waals surface area contributed by atoms with Crippen LogP contribution in [0, 0.1) is 5.21 Å². The molecule has 0 amide bonds. The van der Waals surface area contributed by atoms with Crippen LogP contribution < -0.4 is 10.6 Å². The maximum atomic E-state index is 11.7. The molecule has 0 radical (unpaired) electrons. The lowest BCUT2D eigenvalue weighted by atomic mass is 10.1. The number of aromatic nitrogens is 2. The molecule has 1 heterocycles. The minimum Gasteiger partial charge on any atom is -0.359 e. The van der Waals surface area contributed by atoms with Gasteiger partial charge in [0, 0.05) is 5.56 Å². The Labute approximate surface area is 84.4 Å². The van der Waals surface area contributed by atoms with Crippen LogP contribution in [0.25, 0.3) is 0 Å². The molecule has 0 unspecified atom stereocenters. The summed E-state index contributed by atoms with van der Waals surface area (Å²) in [5.41, 5.74) is 5.40. The third kappa shape index (κ3) is 1.52. The topological polar surface area (TPSA) is 96.1 Å². The smallest absolute Gasteiger partial charge is 0.316 e. The quantitative estimate of drug-likeness (QED) is 0.554. The molecule has 15 heavy (non-hydrogen) atoms. The van der Waals surface area contributed by atoms with Gasteiger partial charge >= 0.3 is 5.82 Å². The van der Waals surface area contributed by atoms with E-state index in [1.165, 1.54) is 0 Å². The first-order chi connectivity index (χ1) is 7.20. The van der Waals surface area contributed by atoms with E-state index in [-0.39, 0.29) is 16.4 Å². The summed E-state index contributed by atoms with van der Waals surface area (Å²) < 4.78 is 4.20. The van der Waals surface area contributed by atoms with Crippen molar-refractivity contribution >= 4 is 11.6 Å². The van der Waals surface area contributed by atoms with Gasteiger partial charge in [-0.25, -0.2) is 0 Å². The molecular formula is C9H7N3O3. The SMILES string of the molecule is Nc1no[n+]([O-])c1C(=O)c1ccccc1. The summed E-state index contributed by atoms with van der Waals surface area (Å²) in [5.74, 6) is -0.719. The standard InChI is InChI=1S/C9H7N3O3/c10-9-7(12(14)15-11-9)8(13)6-4-2-1-3-5-6/h1-5H,(H2,10,11). The van der Waals surface area contributed by atoms with Crippen molar-refractivity contribution in [2.45, 2.75) is 0 Å². The highest BCUT2D eigenvalue weighted by Gasteiger charge is 2.25. The third-order valence-corrected chi connectivity index (χ3v) is 1.89. The van der Waals surface area contributed by atoms with Gasteiger partial charge < -0.3 is 10.9 Å². The van der Waals surface area contributed by atoms with E-state index in [0.29, 0.717) is 5.56 Å². The van der Waals surface area contributed by atoms with E-state index < -0.39 is 5.78 Å². The molecule has 6 nitrogen and oxygen atoms in total. The highest BCUT2D eigenvalue weighted by atomic mass is 16.8. The second-order valence-corrected chi connectivity index (χ2v) is 2.86. The van der Waals surface area contributed by atoms with Gasteiger partial charge in [0.05, 0.1) is 5.16 Å². The van der Waals surface area contributed by atoms with Crippen molar-refractivity contribution in [3.63, 3.8) is 0 Å². The van der Waals surface area contributed by atoms with E-state index in [4.69, 9.17) is 5.73 Å². The lowest BCUT2D eigenvalue weighted by Crippen LogP contribution is -2.31. The predicted molar refractivity (Wildman–Crippen MR) is 49.7 cm³/mol. The van der Waals surface area contributed by atoms with Crippen molar-refractivity contribution < 1.29 is 14.3 Å². The number of rotatable bonds is 2. The highest BCUT2D eigenvalue weighted by Crippen LogP contribution is 2.10. The zero-order chi connectivity index (χ0) is 10.8. The van der Waals surface area contributed by atoms with Gasteiger partial charge in [0.1, 0.15) is 0 Å². The van der Waals surface area contributed by atoms with Crippen LogP contribution in [0.4, 0.5) is 5.82 Å². The van der Waals surface area contributed by atoms with Crippen molar-refractivity contribution in [3.8, 4) is 0 Å². The Balaban J connectivity index is 2.46.